The lowest BCUT2D eigenvalue weighted by molar-refractivity contribution is -0.385. The fourth-order valence-corrected chi connectivity index (χ4v) is 3.52. The number of nitrogens with zero attached hydrogens (tertiary/aromatic N) is 4. The molecule has 3 rings (SSSR count). The molecule has 9 nitrogen and oxygen atoms in total. The Morgan fingerprint density at radius 2 is 2.06 bits per heavy atom. The van der Waals surface area contributed by atoms with Crippen LogP contribution in [0.25, 0.3) is 10.9 Å². The van der Waals surface area contributed by atoms with Crippen LogP contribution in [-0.4, -0.2) is 34.5 Å². The van der Waals surface area contributed by atoms with Crippen LogP contribution >= 0.6 is 15.9 Å². The van der Waals surface area contributed by atoms with E-state index in [0.29, 0.717) is 22.3 Å². The van der Waals surface area contributed by atoms with Crippen molar-refractivity contribution in [3.05, 3.63) is 66.7 Å². The molecule has 0 fully saturated rings. The average molecular weight is 503 g/mol. The smallest absolute Gasteiger partial charge is 0.315 e. The number of nitro groups is 1. The Kier molecular flexibility index (Phi) is 7.24. The molecule has 10 heteroatoms. The van der Waals surface area contributed by atoms with E-state index in [0.717, 1.165) is 10.9 Å². The first-order valence-corrected chi connectivity index (χ1v) is 10.9. The van der Waals surface area contributed by atoms with Gasteiger partial charge in [0.05, 0.1) is 35.8 Å². The Morgan fingerprint density at radius 1 is 1.31 bits per heavy atom. The molecule has 1 atom stereocenters. The van der Waals surface area contributed by atoms with E-state index in [1.807, 2.05) is 19.9 Å². The monoisotopic (exact) mass is 502 g/mol. The van der Waals surface area contributed by atoms with E-state index in [4.69, 9.17) is 9.47 Å². The summed E-state index contributed by atoms with van der Waals surface area (Å²) < 4.78 is 12.7. The number of fused-ring (bicyclic) bond motifs is 1. The van der Waals surface area contributed by atoms with Gasteiger partial charge in [0.25, 0.3) is 5.56 Å². The average Bonchev–Trinajstić information content (AvgIpc) is 2.78. The van der Waals surface area contributed by atoms with Crippen LogP contribution in [0.3, 0.4) is 0 Å². The zero-order chi connectivity index (χ0) is 23.4. The molecule has 0 aliphatic rings. The van der Waals surface area contributed by atoms with Gasteiger partial charge in [0.1, 0.15) is 5.82 Å². The van der Waals surface area contributed by atoms with E-state index < -0.39 is 4.92 Å². The van der Waals surface area contributed by atoms with Crippen LogP contribution < -0.4 is 15.0 Å². The van der Waals surface area contributed by atoms with Crippen LogP contribution in [0.5, 0.6) is 11.5 Å². The number of halogens is 1. The number of hydrogen-bond acceptors (Lipinski definition) is 7. The lowest BCUT2D eigenvalue weighted by Gasteiger charge is -2.14. The third kappa shape index (κ3) is 4.64. The molecule has 2 aromatic carbocycles. The number of methoxy groups -OCH3 is 1. The van der Waals surface area contributed by atoms with Crippen LogP contribution in [-0.2, 0) is 0 Å². The molecule has 32 heavy (non-hydrogen) atoms. The Morgan fingerprint density at radius 3 is 2.69 bits per heavy atom. The molecule has 0 aliphatic carbocycles. The standard InChI is InChI=1S/C22H23BrN4O5/c1-5-13(3)21-25-17-8-7-15(23)11-16(17)22(28)26(21)24-12-14-9-18(27(29)30)20(32-6-2)19(10-14)31-4/h7-13H,5-6H2,1-4H3/t13-/m0/s1. The zero-order valence-corrected chi connectivity index (χ0v) is 19.7. The van der Waals surface area contributed by atoms with Gasteiger partial charge in [-0.15, -0.1) is 0 Å². The molecule has 168 valence electrons. The number of rotatable bonds is 8. The highest BCUT2D eigenvalue weighted by Gasteiger charge is 2.22. The quantitative estimate of drug-likeness (QED) is 0.247. The second kappa shape index (κ2) is 9.90. The minimum absolute atomic E-state index is 0.0305. The van der Waals surface area contributed by atoms with Crippen molar-refractivity contribution in [2.24, 2.45) is 5.10 Å². The maximum Gasteiger partial charge on any atom is 0.315 e. The molecule has 3 aromatic rings. The molecule has 0 aliphatic heterocycles. The number of aromatic nitrogens is 2. The van der Waals surface area contributed by atoms with Gasteiger partial charge in [0.2, 0.25) is 5.75 Å². The summed E-state index contributed by atoms with van der Waals surface area (Å²) in [5.74, 6) is 0.734. The van der Waals surface area contributed by atoms with Crippen LogP contribution in [0, 0.1) is 10.1 Å². The van der Waals surface area contributed by atoms with E-state index in [1.54, 1.807) is 25.1 Å². The maximum absolute atomic E-state index is 13.2. The predicted molar refractivity (Wildman–Crippen MR) is 126 cm³/mol. The Hall–Kier alpha value is -3.27. The summed E-state index contributed by atoms with van der Waals surface area (Å²) in [4.78, 5) is 28.9. The molecule has 0 amide bonds. The summed E-state index contributed by atoms with van der Waals surface area (Å²) in [6.07, 6.45) is 2.14. The Bertz CT molecular complexity index is 1260. The lowest BCUT2D eigenvalue weighted by atomic mass is 10.1. The van der Waals surface area contributed by atoms with E-state index >= 15 is 0 Å². The topological polar surface area (TPSA) is 109 Å². The molecule has 0 radical (unpaired) electrons. The van der Waals surface area contributed by atoms with E-state index in [1.165, 1.54) is 24.1 Å². The Labute approximate surface area is 193 Å². The molecule has 0 spiro atoms. The van der Waals surface area contributed by atoms with Gasteiger partial charge in [0.15, 0.2) is 5.75 Å². The maximum atomic E-state index is 13.2. The van der Waals surface area contributed by atoms with Crippen molar-refractivity contribution in [1.29, 1.82) is 0 Å². The van der Waals surface area contributed by atoms with E-state index in [2.05, 4.69) is 26.0 Å². The first-order chi connectivity index (χ1) is 15.3. The second-order valence-electron chi connectivity index (χ2n) is 7.06. The van der Waals surface area contributed by atoms with Crippen molar-refractivity contribution in [1.82, 2.24) is 9.66 Å². The highest BCUT2D eigenvalue weighted by Crippen LogP contribution is 2.38. The summed E-state index contributed by atoms with van der Waals surface area (Å²) in [6, 6.07) is 8.20. The van der Waals surface area contributed by atoms with Crippen molar-refractivity contribution in [2.45, 2.75) is 33.1 Å². The minimum atomic E-state index is -0.545. The largest absolute Gasteiger partial charge is 0.493 e. The van der Waals surface area contributed by atoms with Gasteiger partial charge < -0.3 is 9.47 Å². The first kappa shape index (κ1) is 23.4. The molecule has 0 saturated carbocycles. The Balaban J connectivity index is 2.19. The molecular formula is C22H23BrN4O5. The van der Waals surface area contributed by atoms with Crippen molar-refractivity contribution in [3.63, 3.8) is 0 Å². The van der Waals surface area contributed by atoms with Gasteiger partial charge in [-0.1, -0.05) is 29.8 Å². The molecule has 0 saturated heterocycles. The summed E-state index contributed by atoms with van der Waals surface area (Å²) in [5, 5.41) is 16.3. The molecule has 1 aromatic heterocycles. The first-order valence-electron chi connectivity index (χ1n) is 10.1. The highest BCUT2D eigenvalue weighted by atomic mass is 79.9. The summed E-state index contributed by atoms with van der Waals surface area (Å²) in [7, 11) is 1.40. The van der Waals surface area contributed by atoms with Crippen molar-refractivity contribution < 1.29 is 14.4 Å². The molecular weight excluding hydrogens is 480 g/mol. The molecule has 1 heterocycles. The van der Waals surface area contributed by atoms with Crippen LogP contribution in [0.2, 0.25) is 0 Å². The van der Waals surface area contributed by atoms with Crippen molar-refractivity contribution in [2.75, 3.05) is 13.7 Å². The van der Waals surface area contributed by atoms with Gasteiger partial charge in [-0.05, 0) is 37.6 Å². The normalized spacial score (nSPS) is 12.3. The van der Waals surface area contributed by atoms with E-state index in [-0.39, 0.29) is 35.3 Å². The SMILES string of the molecule is CCOc1c(OC)cc(C=Nn2c([C@@H](C)CC)nc3ccc(Br)cc3c2=O)cc1[N+](=O)[O-]. The summed E-state index contributed by atoms with van der Waals surface area (Å²) in [5.41, 5.74) is 0.393. The van der Waals surface area contributed by atoms with Gasteiger partial charge in [-0.3, -0.25) is 14.9 Å². The second-order valence-corrected chi connectivity index (χ2v) is 7.98. The van der Waals surface area contributed by atoms with Crippen LogP contribution in [0.1, 0.15) is 44.5 Å². The summed E-state index contributed by atoms with van der Waals surface area (Å²) >= 11 is 3.38. The third-order valence-electron chi connectivity index (χ3n) is 4.97. The van der Waals surface area contributed by atoms with Gasteiger partial charge >= 0.3 is 5.69 Å². The highest BCUT2D eigenvalue weighted by molar-refractivity contribution is 9.10. The van der Waals surface area contributed by atoms with Crippen molar-refractivity contribution >= 4 is 38.7 Å². The number of nitro benzene ring substituents is 1. The molecule has 0 unspecified atom stereocenters. The number of ether oxygens (including phenoxy) is 2. The fourth-order valence-electron chi connectivity index (χ4n) is 3.16. The molecule has 0 N–H and O–H groups in total. The summed E-state index contributed by atoms with van der Waals surface area (Å²) in [6.45, 7) is 5.93. The van der Waals surface area contributed by atoms with E-state index in [9.17, 15) is 14.9 Å². The number of benzene rings is 2. The van der Waals surface area contributed by atoms with Gasteiger partial charge in [0, 0.05) is 22.0 Å². The molecule has 0 bridgehead atoms. The predicted octanol–water partition coefficient (Wildman–Crippen LogP) is 4.87. The van der Waals surface area contributed by atoms with Crippen molar-refractivity contribution in [3.8, 4) is 11.5 Å². The fraction of sp³-hybridized carbons (Fsp3) is 0.318. The number of hydrogen-bond donors (Lipinski definition) is 0. The third-order valence-corrected chi connectivity index (χ3v) is 5.46. The van der Waals surface area contributed by atoms with Crippen LogP contribution in [0.4, 0.5) is 5.69 Å². The zero-order valence-electron chi connectivity index (χ0n) is 18.2. The van der Waals surface area contributed by atoms with Gasteiger partial charge in [-0.25, -0.2) is 4.98 Å². The van der Waals surface area contributed by atoms with Gasteiger partial charge in [-0.2, -0.15) is 9.78 Å². The minimum Gasteiger partial charge on any atom is -0.493 e. The van der Waals surface area contributed by atoms with Crippen LogP contribution in [0.15, 0.2) is 44.7 Å². The lowest BCUT2D eigenvalue weighted by Crippen LogP contribution is -2.23.